The molecule has 0 bridgehead atoms. The van der Waals surface area contributed by atoms with Gasteiger partial charge in [0.1, 0.15) is 0 Å². The summed E-state index contributed by atoms with van der Waals surface area (Å²) >= 11 is 0. The number of hydrogen-bond donors (Lipinski definition) is 0. The summed E-state index contributed by atoms with van der Waals surface area (Å²) in [5, 5.41) is 0. The van der Waals surface area contributed by atoms with E-state index in [-0.39, 0.29) is 11.8 Å². The van der Waals surface area contributed by atoms with Crippen LogP contribution in [0, 0.1) is 11.8 Å². The van der Waals surface area contributed by atoms with Crippen LogP contribution in [-0.4, -0.2) is 47.8 Å². The van der Waals surface area contributed by atoms with E-state index in [1.165, 1.54) is 51.4 Å². The van der Waals surface area contributed by atoms with E-state index < -0.39 is 0 Å². The third-order valence-electron chi connectivity index (χ3n) is 7.31. The molecule has 0 spiro atoms. The Kier molecular flexibility index (Phi) is 8.02. The Morgan fingerprint density at radius 2 is 1.22 bits per heavy atom. The smallest absolute Gasteiger partial charge is 0.225 e. The van der Waals surface area contributed by atoms with Gasteiger partial charge < -0.3 is 9.80 Å². The van der Waals surface area contributed by atoms with Gasteiger partial charge in [0, 0.05) is 38.0 Å². The molecule has 0 N–H and O–H groups in total. The minimum absolute atomic E-state index is 0.240. The van der Waals surface area contributed by atoms with Crippen molar-refractivity contribution in [1.82, 2.24) is 9.80 Å². The second-order valence-corrected chi connectivity index (χ2v) is 9.24. The Morgan fingerprint density at radius 3 is 1.81 bits per heavy atom. The molecule has 2 aliphatic carbocycles. The Morgan fingerprint density at radius 1 is 0.667 bits per heavy atom. The van der Waals surface area contributed by atoms with Gasteiger partial charge in [0.2, 0.25) is 11.8 Å². The lowest BCUT2D eigenvalue weighted by Crippen LogP contribution is -2.42. The fourth-order valence-electron chi connectivity index (χ4n) is 5.47. The van der Waals surface area contributed by atoms with Crippen molar-refractivity contribution in [2.75, 3.05) is 20.1 Å². The first-order valence-electron chi connectivity index (χ1n) is 11.7. The predicted octanol–water partition coefficient (Wildman–Crippen LogP) is 4.77. The molecule has 27 heavy (non-hydrogen) atoms. The SMILES string of the molecule is CN(C(=O)C1CCCCCC1)[C@H]1CCCN(C(=O)C2CCCCCC2)CC1. The molecular weight excluding hydrogens is 336 g/mol. The third kappa shape index (κ3) is 5.71. The maximum Gasteiger partial charge on any atom is 0.225 e. The number of carbonyl (C=O) groups excluding carboxylic acids is 2. The number of carbonyl (C=O) groups is 2. The molecule has 1 heterocycles. The lowest BCUT2D eigenvalue weighted by Gasteiger charge is -2.31. The van der Waals surface area contributed by atoms with Crippen LogP contribution >= 0.6 is 0 Å². The highest BCUT2D eigenvalue weighted by Crippen LogP contribution is 2.28. The summed E-state index contributed by atoms with van der Waals surface area (Å²) in [7, 11) is 2.01. The van der Waals surface area contributed by atoms with Gasteiger partial charge in [-0.3, -0.25) is 9.59 Å². The molecule has 154 valence electrons. The molecule has 2 saturated carbocycles. The summed E-state index contributed by atoms with van der Waals surface area (Å²) in [6, 6.07) is 0.313. The number of nitrogens with zero attached hydrogens (tertiary/aromatic N) is 2. The Bertz CT molecular complexity index is 477. The van der Waals surface area contributed by atoms with Gasteiger partial charge in [-0.2, -0.15) is 0 Å². The van der Waals surface area contributed by atoms with E-state index in [1.54, 1.807) is 0 Å². The highest BCUT2D eigenvalue weighted by Gasteiger charge is 2.31. The third-order valence-corrected chi connectivity index (χ3v) is 7.31. The van der Waals surface area contributed by atoms with Crippen LogP contribution in [-0.2, 0) is 9.59 Å². The first-order chi connectivity index (χ1) is 13.2. The largest absolute Gasteiger partial charge is 0.342 e. The van der Waals surface area contributed by atoms with Crippen molar-refractivity contribution in [3.8, 4) is 0 Å². The highest BCUT2D eigenvalue weighted by molar-refractivity contribution is 5.79. The number of rotatable bonds is 3. The van der Waals surface area contributed by atoms with Crippen molar-refractivity contribution >= 4 is 11.8 Å². The van der Waals surface area contributed by atoms with Gasteiger partial charge in [0.05, 0.1) is 0 Å². The molecule has 2 amide bonds. The Hall–Kier alpha value is -1.06. The van der Waals surface area contributed by atoms with Crippen LogP contribution in [0.4, 0.5) is 0 Å². The molecule has 1 aliphatic heterocycles. The van der Waals surface area contributed by atoms with E-state index in [2.05, 4.69) is 9.80 Å². The van der Waals surface area contributed by atoms with Gasteiger partial charge >= 0.3 is 0 Å². The predicted molar refractivity (Wildman–Crippen MR) is 109 cm³/mol. The van der Waals surface area contributed by atoms with E-state index >= 15 is 0 Å². The second-order valence-electron chi connectivity index (χ2n) is 9.24. The highest BCUT2D eigenvalue weighted by atomic mass is 16.2. The summed E-state index contributed by atoms with van der Waals surface area (Å²) in [5.74, 6) is 1.26. The van der Waals surface area contributed by atoms with Gasteiger partial charge in [-0.15, -0.1) is 0 Å². The van der Waals surface area contributed by atoms with Crippen LogP contribution < -0.4 is 0 Å². The van der Waals surface area contributed by atoms with Crippen LogP contribution in [0.15, 0.2) is 0 Å². The maximum absolute atomic E-state index is 13.0. The normalized spacial score (nSPS) is 26.7. The lowest BCUT2D eigenvalue weighted by atomic mass is 9.97. The molecule has 1 saturated heterocycles. The van der Waals surface area contributed by atoms with Crippen molar-refractivity contribution in [1.29, 1.82) is 0 Å². The maximum atomic E-state index is 13.0. The van der Waals surface area contributed by atoms with Crippen molar-refractivity contribution in [3.05, 3.63) is 0 Å². The van der Waals surface area contributed by atoms with E-state index in [1.807, 2.05) is 7.05 Å². The minimum Gasteiger partial charge on any atom is -0.342 e. The van der Waals surface area contributed by atoms with Gasteiger partial charge in [-0.05, 0) is 44.9 Å². The summed E-state index contributed by atoms with van der Waals surface area (Å²) < 4.78 is 0. The first kappa shape index (κ1) is 20.7. The summed E-state index contributed by atoms with van der Waals surface area (Å²) in [4.78, 5) is 30.2. The van der Waals surface area contributed by atoms with Crippen LogP contribution in [0.3, 0.4) is 0 Å². The van der Waals surface area contributed by atoms with E-state index in [9.17, 15) is 9.59 Å². The molecule has 0 unspecified atom stereocenters. The van der Waals surface area contributed by atoms with Gasteiger partial charge in [-0.25, -0.2) is 0 Å². The molecule has 0 aromatic carbocycles. The number of hydrogen-bond acceptors (Lipinski definition) is 2. The van der Waals surface area contributed by atoms with Gasteiger partial charge in [0.25, 0.3) is 0 Å². The molecule has 0 aromatic heterocycles. The molecule has 4 nitrogen and oxygen atoms in total. The van der Waals surface area contributed by atoms with E-state index in [0.29, 0.717) is 17.9 Å². The first-order valence-corrected chi connectivity index (χ1v) is 11.7. The zero-order chi connectivity index (χ0) is 19.1. The molecule has 3 fully saturated rings. The zero-order valence-corrected chi connectivity index (χ0v) is 17.5. The molecule has 3 aliphatic rings. The van der Waals surface area contributed by atoms with Gasteiger partial charge in [0.15, 0.2) is 0 Å². The topological polar surface area (TPSA) is 40.6 Å². The summed E-state index contributed by atoms with van der Waals surface area (Å²) in [6.07, 6.45) is 17.3. The lowest BCUT2D eigenvalue weighted by molar-refractivity contribution is -0.137. The number of amides is 2. The fourth-order valence-corrected chi connectivity index (χ4v) is 5.47. The average Bonchev–Trinajstić information content (AvgIpc) is 3.20. The van der Waals surface area contributed by atoms with Crippen molar-refractivity contribution < 1.29 is 9.59 Å². The standard InChI is InChI=1S/C23H40N2O2/c1-24(22(26)19-11-6-2-3-7-12-19)21-15-10-17-25(18-16-21)23(27)20-13-8-4-5-9-14-20/h19-21H,2-18H2,1H3/t21-/m0/s1. The summed E-state index contributed by atoms with van der Waals surface area (Å²) in [6.45, 7) is 1.72. The monoisotopic (exact) mass is 376 g/mol. The molecular formula is C23H40N2O2. The Labute approximate surface area is 166 Å². The van der Waals surface area contributed by atoms with Crippen LogP contribution in [0.1, 0.15) is 96.3 Å². The molecule has 3 rings (SSSR count). The van der Waals surface area contributed by atoms with Crippen molar-refractivity contribution in [2.45, 2.75) is 102 Å². The fraction of sp³-hybridized carbons (Fsp3) is 0.913. The molecule has 0 aromatic rings. The van der Waals surface area contributed by atoms with E-state index in [4.69, 9.17) is 0 Å². The van der Waals surface area contributed by atoms with Crippen LogP contribution in [0.25, 0.3) is 0 Å². The molecule has 4 heteroatoms. The van der Waals surface area contributed by atoms with Crippen molar-refractivity contribution in [3.63, 3.8) is 0 Å². The van der Waals surface area contributed by atoms with E-state index in [0.717, 1.165) is 58.0 Å². The van der Waals surface area contributed by atoms with Crippen LogP contribution in [0.5, 0.6) is 0 Å². The zero-order valence-electron chi connectivity index (χ0n) is 17.5. The molecule has 1 atom stereocenters. The minimum atomic E-state index is 0.240. The van der Waals surface area contributed by atoms with Crippen molar-refractivity contribution in [2.24, 2.45) is 11.8 Å². The van der Waals surface area contributed by atoms with Crippen LogP contribution in [0.2, 0.25) is 0 Å². The number of likely N-dealkylation sites (tertiary alicyclic amines) is 1. The summed E-state index contributed by atoms with van der Waals surface area (Å²) in [5.41, 5.74) is 0. The second kappa shape index (κ2) is 10.5. The molecule has 0 radical (unpaired) electrons. The Balaban J connectivity index is 1.52. The average molecular weight is 377 g/mol. The van der Waals surface area contributed by atoms with Gasteiger partial charge in [-0.1, -0.05) is 51.4 Å². The quantitative estimate of drug-likeness (QED) is 0.666.